The molecule has 0 saturated heterocycles. The molecule has 27 heavy (non-hydrogen) atoms. The number of ether oxygens (including phenoxy) is 2. The first kappa shape index (κ1) is 27.6. The fourth-order valence-electron chi connectivity index (χ4n) is 3.03. The molecule has 164 valence electrons. The van der Waals surface area contributed by atoms with E-state index in [0.717, 1.165) is 12.5 Å². The van der Waals surface area contributed by atoms with Gasteiger partial charge in [0.05, 0.1) is 13.2 Å². The SMILES string of the molecule is C[Si](C)(C)O[Si](C)(C)O[Si](C)(CCCOCCOCCCO)O[Si](C)(C)C. The van der Waals surface area contributed by atoms with Gasteiger partial charge in [0, 0.05) is 19.8 Å². The van der Waals surface area contributed by atoms with Gasteiger partial charge < -0.3 is 26.9 Å². The zero-order valence-corrected chi connectivity index (χ0v) is 23.1. The van der Waals surface area contributed by atoms with Crippen LogP contribution < -0.4 is 0 Å². The molecule has 0 fully saturated rings. The highest BCUT2D eigenvalue weighted by molar-refractivity contribution is 6.89. The average Bonchev–Trinajstić information content (AvgIpc) is 2.39. The summed E-state index contributed by atoms with van der Waals surface area (Å²) in [6, 6.07) is 0.911. The third-order valence-corrected chi connectivity index (χ3v) is 16.8. The molecule has 0 aromatic heterocycles. The standard InChI is InChI=1S/C17H44O6Si4/c1-24(2,3)21-26(7,8)23-27(9,22-25(4,5)6)17-11-14-20-16-15-19-13-10-12-18/h18H,10-17H2,1-9H3. The Morgan fingerprint density at radius 1 is 0.593 bits per heavy atom. The lowest BCUT2D eigenvalue weighted by molar-refractivity contribution is 0.0425. The summed E-state index contributed by atoms with van der Waals surface area (Å²) in [5.74, 6) is 0. The molecular weight excluding hydrogens is 413 g/mol. The van der Waals surface area contributed by atoms with Crippen molar-refractivity contribution in [1.82, 2.24) is 0 Å². The maximum atomic E-state index is 8.71. The van der Waals surface area contributed by atoms with E-state index in [0.29, 0.717) is 32.8 Å². The Morgan fingerprint density at radius 2 is 1.07 bits per heavy atom. The second-order valence-corrected chi connectivity index (χ2v) is 25.9. The lowest BCUT2D eigenvalue weighted by Crippen LogP contribution is -2.56. The van der Waals surface area contributed by atoms with Crippen molar-refractivity contribution >= 4 is 33.8 Å². The highest BCUT2D eigenvalue weighted by Crippen LogP contribution is 2.27. The minimum absolute atomic E-state index is 0.169. The molecule has 0 aliphatic carbocycles. The van der Waals surface area contributed by atoms with Crippen molar-refractivity contribution in [2.24, 2.45) is 0 Å². The molecule has 0 aliphatic heterocycles. The van der Waals surface area contributed by atoms with Crippen molar-refractivity contribution < 1.29 is 26.9 Å². The van der Waals surface area contributed by atoms with Crippen LogP contribution in [0.1, 0.15) is 12.8 Å². The summed E-state index contributed by atoms with van der Waals surface area (Å²) in [4.78, 5) is 0. The maximum absolute atomic E-state index is 8.71. The van der Waals surface area contributed by atoms with Crippen molar-refractivity contribution in [2.75, 3.05) is 33.0 Å². The van der Waals surface area contributed by atoms with Crippen LogP contribution in [0.15, 0.2) is 0 Å². The molecule has 0 spiro atoms. The summed E-state index contributed by atoms with van der Waals surface area (Å²) < 4.78 is 30.6. The van der Waals surface area contributed by atoms with Crippen LogP contribution in [0.4, 0.5) is 0 Å². The normalized spacial score (nSPS) is 15.8. The quantitative estimate of drug-likeness (QED) is 0.276. The summed E-state index contributed by atoms with van der Waals surface area (Å²) in [5.41, 5.74) is 0. The fraction of sp³-hybridized carbons (Fsp3) is 1.00. The smallest absolute Gasteiger partial charge is 0.315 e. The van der Waals surface area contributed by atoms with Gasteiger partial charge in [-0.1, -0.05) is 0 Å². The molecule has 1 atom stereocenters. The Hall–Kier alpha value is 0.628. The topological polar surface area (TPSA) is 66.4 Å². The van der Waals surface area contributed by atoms with E-state index in [4.69, 9.17) is 26.9 Å². The third kappa shape index (κ3) is 17.2. The summed E-state index contributed by atoms with van der Waals surface area (Å²) in [7, 11) is -7.92. The van der Waals surface area contributed by atoms with Gasteiger partial charge in [-0.15, -0.1) is 0 Å². The van der Waals surface area contributed by atoms with Crippen LogP contribution in [0.5, 0.6) is 0 Å². The van der Waals surface area contributed by atoms with Crippen LogP contribution in [-0.4, -0.2) is 71.9 Å². The molecule has 0 rings (SSSR count). The first-order valence-electron chi connectivity index (χ1n) is 10.0. The lowest BCUT2D eigenvalue weighted by Gasteiger charge is -2.41. The van der Waals surface area contributed by atoms with Gasteiger partial charge in [0.1, 0.15) is 0 Å². The zero-order valence-electron chi connectivity index (χ0n) is 19.1. The second-order valence-electron chi connectivity index (χ2n) is 9.47. The second kappa shape index (κ2) is 12.4. The Bertz CT molecular complexity index is 398. The van der Waals surface area contributed by atoms with E-state index in [-0.39, 0.29) is 6.61 Å². The predicted octanol–water partition coefficient (Wildman–Crippen LogP) is 4.29. The van der Waals surface area contributed by atoms with Gasteiger partial charge >= 0.3 is 17.1 Å². The summed E-state index contributed by atoms with van der Waals surface area (Å²) >= 11 is 0. The van der Waals surface area contributed by atoms with Crippen molar-refractivity contribution in [3.8, 4) is 0 Å². The van der Waals surface area contributed by atoms with E-state index < -0.39 is 33.8 Å². The minimum atomic E-state index is -2.32. The van der Waals surface area contributed by atoms with E-state index in [9.17, 15) is 0 Å². The number of hydrogen-bond donors (Lipinski definition) is 1. The van der Waals surface area contributed by atoms with Crippen molar-refractivity contribution in [3.05, 3.63) is 0 Å². The van der Waals surface area contributed by atoms with E-state index in [1.165, 1.54) is 0 Å². The molecule has 0 heterocycles. The number of rotatable bonds is 16. The first-order chi connectivity index (χ1) is 12.2. The summed E-state index contributed by atoms with van der Waals surface area (Å²) in [6.07, 6.45) is 1.59. The molecule has 10 heteroatoms. The fourth-order valence-corrected chi connectivity index (χ4v) is 21.0. The largest absolute Gasteiger partial charge is 0.437 e. The third-order valence-electron chi connectivity index (χ3n) is 3.27. The van der Waals surface area contributed by atoms with Gasteiger partial charge in [0.25, 0.3) is 0 Å². The molecule has 1 unspecified atom stereocenters. The Morgan fingerprint density at radius 3 is 1.52 bits per heavy atom. The van der Waals surface area contributed by atoms with E-state index >= 15 is 0 Å². The van der Waals surface area contributed by atoms with Gasteiger partial charge in [0.15, 0.2) is 16.6 Å². The highest BCUT2D eigenvalue weighted by atomic mass is 28.5. The van der Waals surface area contributed by atoms with Crippen LogP contribution in [0.3, 0.4) is 0 Å². The van der Waals surface area contributed by atoms with E-state index in [1.807, 2.05) is 0 Å². The summed E-state index contributed by atoms with van der Waals surface area (Å²) in [5, 5.41) is 8.71. The van der Waals surface area contributed by atoms with Crippen LogP contribution in [0.25, 0.3) is 0 Å². The molecule has 0 aromatic carbocycles. The van der Waals surface area contributed by atoms with Gasteiger partial charge in [-0.05, 0) is 77.8 Å². The predicted molar refractivity (Wildman–Crippen MR) is 122 cm³/mol. The molecule has 0 amide bonds. The number of aliphatic hydroxyl groups excluding tert-OH is 1. The maximum Gasteiger partial charge on any atom is 0.315 e. The highest BCUT2D eigenvalue weighted by Gasteiger charge is 2.44. The summed E-state index contributed by atoms with van der Waals surface area (Å²) in [6.45, 7) is 22.3. The molecule has 6 nitrogen and oxygen atoms in total. The average molecular weight is 457 g/mol. The molecular formula is C17H44O6Si4. The van der Waals surface area contributed by atoms with Crippen molar-refractivity contribution in [1.29, 1.82) is 0 Å². The molecule has 0 bridgehead atoms. The van der Waals surface area contributed by atoms with E-state index in [1.54, 1.807) is 0 Å². The minimum Gasteiger partial charge on any atom is -0.437 e. The van der Waals surface area contributed by atoms with Gasteiger partial charge in [-0.3, -0.25) is 0 Å². The molecule has 0 radical (unpaired) electrons. The van der Waals surface area contributed by atoms with Gasteiger partial charge in [0.2, 0.25) is 0 Å². The first-order valence-corrected chi connectivity index (χ1v) is 22.2. The molecule has 0 aliphatic rings. The van der Waals surface area contributed by atoms with Crippen LogP contribution >= 0.6 is 0 Å². The molecule has 0 saturated carbocycles. The van der Waals surface area contributed by atoms with Crippen LogP contribution in [0.2, 0.25) is 65.0 Å². The van der Waals surface area contributed by atoms with Crippen LogP contribution in [0, 0.1) is 0 Å². The Labute approximate surface area is 171 Å². The monoisotopic (exact) mass is 456 g/mol. The van der Waals surface area contributed by atoms with E-state index in [2.05, 4.69) is 58.9 Å². The molecule has 1 N–H and O–H groups in total. The Kier molecular flexibility index (Phi) is 12.6. The van der Waals surface area contributed by atoms with Crippen molar-refractivity contribution in [3.63, 3.8) is 0 Å². The van der Waals surface area contributed by atoms with Crippen LogP contribution in [-0.2, 0) is 21.8 Å². The number of hydrogen-bond acceptors (Lipinski definition) is 6. The number of aliphatic hydroxyl groups is 1. The van der Waals surface area contributed by atoms with Crippen molar-refractivity contribution in [2.45, 2.75) is 77.8 Å². The zero-order chi connectivity index (χ0) is 21.2. The Balaban J connectivity index is 4.50. The van der Waals surface area contributed by atoms with Gasteiger partial charge in [-0.25, -0.2) is 0 Å². The molecule has 0 aromatic rings. The lowest BCUT2D eigenvalue weighted by atomic mass is 10.5. The van der Waals surface area contributed by atoms with Gasteiger partial charge in [-0.2, -0.15) is 0 Å².